The smallest absolute Gasteiger partial charge is 0.00196 e. The predicted octanol–water partition coefficient (Wildman–Crippen LogP) is 8.41. The minimum Gasteiger partial charge on any atom is -0.0654 e. The van der Waals surface area contributed by atoms with Crippen LogP contribution >= 0.6 is 0 Å². The van der Waals surface area contributed by atoms with Crippen LogP contribution in [0.3, 0.4) is 0 Å². The van der Waals surface area contributed by atoms with E-state index >= 15 is 0 Å². The van der Waals surface area contributed by atoms with Gasteiger partial charge >= 0.3 is 0 Å². The summed E-state index contributed by atoms with van der Waals surface area (Å²) in [4.78, 5) is 0. The third-order valence-electron chi connectivity index (χ3n) is 5.92. The van der Waals surface area contributed by atoms with Crippen LogP contribution in [0.15, 0.2) is 60.7 Å². The Hall–Kier alpha value is -2.08. The molecule has 1 aromatic carbocycles. The van der Waals surface area contributed by atoms with E-state index in [2.05, 4.69) is 81.4 Å². The predicted molar refractivity (Wildman–Crippen MR) is 123 cm³/mol. The Bertz CT molecular complexity index is 810. The van der Waals surface area contributed by atoms with E-state index in [1.165, 1.54) is 78.3 Å². The number of hydrogen-bond acceptors (Lipinski definition) is 0. The number of aryl methyl sites for hydroxylation is 1. The average molecular weight is 373 g/mol. The molecule has 0 radical (unpaired) electrons. The molecule has 0 atom stereocenters. The number of hydrogen-bond donors (Lipinski definition) is 0. The number of benzene rings is 1. The molecule has 0 aromatic heterocycles. The van der Waals surface area contributed by atoms with Gasteiger partial charge in [-0.2, -0.15) is 0 Å². The van der Waals surface area contributed by atoms with Gasteiger partial charge in [0.25, 0.3) is 0 Å². The highest BCUT2D eigenvalue weighted by atomic mass is 14.1. The summed E-state index contributed by atoms with van der Waals surface area (Å²) in [5.74, 6) is 0.569. The first kappa shape index (κ1) is 20.6. The quantitative estimate of drug-likeness (QED) is 0.313. The molecular weight excluding hydrogens is 336 g/mol. The summed E-state index contributed by atoms with van der Waals surface area (Å²) < 4.78 is 0. The molecule has 0 fully saturated rings. The Balaban J connectivity index is 1.58. The normalized spacial score (nSPS) is 11.4. The Morgan fingerprint density at radius 1 is 0.643 bits per heavy atom. The number of fused-ring (bicyclic) bond motifs is 1. The molecule has 0 nitrogen and oxygen atoms in total. The van der Waals surface area contributed by atoms with Crippen molar-refractivity contribution < 1.29 is 0 Å². The number of rotatable bonds is 10. The second-order valence-corrected chi connectivity index (χ2v) is 8.56. The molecule has 0 amide bonds. The average Bonchev–Trinajstić information content (AvgIpc) is 2.94. The third-order valence-corrected chi connectivity index (χ3v) is 5.92. The van der Waals surface area contributed by atoms with Crippen LogP contribution in [0, 0.1) is 0 Å². The van der Waals surface area contributed by atoms with E-state index < -0.39 is 0 Å². The Kier molecular flexibility index (Phi) is 7.71. The molecule has 2 aliphatic rings. The summed E-state index contributed by atoms with van der Waals surface area (Å²) in [6.45, 7) is 6.80. The van der Waals surface area contributed by atoms with E-state index in [1.807, 2.05) is 0 Å². The van der Waals surface area contributed by atoms with E-state index in [0.29, 0.717) is 5.92 Å². The van der Waals surface area contributed by atoms with E-state index in [9.17, 15) is 0 Å². The monoisotopic (exact) mass is 372 g/mol. The fraction of sp³-hybridized carbons (Fsp3) is 0.429. The van der Waals surface area contributed by atoms with Crippen LogP contribution in [0.2, 0.25) is 0 Å². The molecule has 1 aromatic rings. The molecule has 0 N–H and O–H groups in total. The topological polar surface area (TPSA) is 0 Å². The highest BCUT2D eigenvalue weighted by molar-refractivity contribution is 5.71. The second-order valence-electron chi connectivity index (χ2n) is 8.56. The summed E-state index contributed by atoms with van der Waals surface area (Å²) in [6, 6.07) is 23.0. The fourth-order valence-corrected chi connectivity index (χ4v) is 4.02. The SMILES string of the molecule is CCCCCCCCc1ccc(Cc2ccc3ccc(C(C)C)ccc2-3)cc1. The summed E-state index contributed by atoms with van der Waals surface area (Å²) in [5, 5.41) is 0. The third kappa shape index (κ3) is 5.71. The maximum Gasteiger partial charge on any atom is -0.00196 e. The highest BCUT2D eigenvalue weighted by Crippen LogP contribution is 2.30. The Morgan fingerprint density at radius 2 is 1.29 bits per heavy atom. The fourth-order valence-electron chi connectivity index (χ4n) is 4.02. The molecule has 0 unspecified atom stereocenters. The first-order valence-electron chi connectivity index (χ1n) is 11.3. The van der Waals surface area contributed by atoms with Crippen LogP contribution in [0.4, 0.5) is 0 Å². The van der Waals surface area contributed by atoms with Gasteiger partial charge in [-0.25, -0.2) is 0 Å². The van der Waals surface area contributed by atoms with Crippen LogP contribution in [0.5, 0.6) is 0 Å². The zero-order valence-corrected chi connectivity index (χ0v) is 18.0. The molecule has 0 bridgehead atoms. The van der Waals surface area contributed by atoms with Crippen LogP contribution in [0.25, 0.3) is 11.1 Å². The zero-order chi connectivity index (χ0) is 19.8. The van der Waals surface area contributed by atoms with Crippen molar-refractivity contribution in [3.8, 4) is 11.1 Å². The highest BCUT2D eigenvalue weighted by Gasteiger charge is 2.09. The van der Waals surface area contributed by atoms with Gasteiger partial charge in [0.15, 0.2) is 0 Å². The second kappa shape index (κ2) is 10.5. The first-order chi connectivity index (χ1) is 13.7. The molecule has 0 spiro atoms. The first-order valence-corrected chi connectivity index (χ1v) is 11.3. The van der Waals surface area contributed by atoms with Crippen molar-refractivity contribution in [1.82, 2.24) is 0 Å². The van der Waals surface area contributed by atoms with Gasteiger partial charge in [-0.15, -0.1) is 0 Å². The van der Waals surface area contributed by atoms with Crippen molar-refractivity contribution in [2.24, 2.45) is 0 Å². The van der Waals surface area contributed by atoms with Crippen molar-refractivity contribution in [2.45, 2.75) is 78.1 Å². The maximum absolute atomic E-state index is 2.34. The lowest BCUT2D eigenvalue weighted by Crippen LogP contribution is -1.90. The van der Waals surface area contributed by atoms with Crippen molar-refractivity contribution in [1.29, 1.82) is 0 Å². The van der Waals surface area contributed by atoms with Crippen molar-refractivity contribution >= 4 is 0 Å². The summed E-state index contributed by atoms with van der Waals surface area (Å²) in [5.41, 5.74) is 8.48. The summed E-state index contributed by atoms with van der Waals surface area (Å²) >= 11 is 0. The van der Waals surface area contributed by atoms with E-state index in [4.69, 9.17) is 0 Å². The molecule has 0 saturated heterocycles. The lowest BCUT2D eigenvalue weighted by molar-refractivity contribution is 0.607. The van der Waals surface area contributed by atoms with E-state index in [1.54, 1.807) is 0 Å². The van der Waals surface area contributed by atoms with Crippen molar-refractivity contribution in [2.75, 3.05) is 0 Å². The number of unbranched alkanes of at least 4 members (excludes halogenated alkanes) is 5. The van der Waals surface area contributed by atoms with Gasteiger partial charge in [0.2, 0.25) is 0 Å². The molecule has 0 heteroatoms. The van der Waals surface area contributed by atoms with Gasteiger partial charge < -0.3 is 0 Å². The van der Waals surface area contributed by atoms with Gasteiger partial charge in [0.05, 0.1) is 0 Å². The Labute approximate surface area is 172 Å². The zero-order valence-electron chi connectivity index (χ0n) is 18.0. The van der Waals surface area contributed by atoms with Crippen LogP contribution in [-0.4, -0.2) is 0 Å². The minimum atomic E-state index is 0.569. The van der Waals surface area contributed by atoms with Crippen LogP contribution < -0.4 is 0 Å². The van der Waals surface area contributed by atoms with Gasteiger partial charge in [-0.1, -0.05) is 114 Å². The molecule has 148 valence electrons. The molecule has 28 heavy (non-hydrogen) atoms. The lowest BCUT2D eigenvalue weighted by atomic mass is 9.99. The summed E-state index contributed by atoms with van der Waals surface area (Å²) in [6.07, 6.45) is 10.5. The molecule has 3 rings (SSSR count). The lowest BCUT2D eigenvalue weighted by Gasteiger charge is -2.06. The maximum atomic E-state index is 2.34. The molecular formula is C28H36. The Morgan fingerprint density at radius 3 is 2.04 bits per heavy atom. The van der Waals surface area contributed by atoms with Crippen molar-refractivity contribution in [3.05, 3.63) is 82.9 Å². The van der Waals surface area contributed by atoms with Gasteiger partial charge in [-0.3, -0.25) is 0 Å². The van der Waals surface area contributed by atoms with E-state index in [-0.39, 0.29) is 0 Å². The van der Waals surface area contributed by atoms with Gasteiger partial charge in [0.1, 0.15) is 0 Å². The van der Waals surface area contributed by atoms with E-state index in [0.717, 1.165) is 6.42 Å². The van der Waals surface area contributed by atoms with Crippen LogP contribution in [-0.2, 0) is 12.8 Å². The minimum absolute atomic E-state index is 0.569. The van der Waals surface area contributed by atoms with Crippen molar-refractivity contribution in [3.63, 3.8) is 0 Å². The van der Waals surface area contributed by atoms with Crippen LogP contribution in [0.1, 0.15) is 87.5 Å². The standard InChI is InChI=1S/C28H36/c1-4-5-6-7-8-9-10-23-11-13-24(14-12-23)21-27-18-17-26-16-15-25(22(2)3)19-20-28(26)27/h11-20,22H,4-10,21H2,1-3H3. The molecule has 0 aliphatic heterocycles. The van der Waals surface area contributed by atoms with Gasteiger partial charge in [-0.05, 0) is 58.6 Å². The molecule has 0 saturated carbocycles. The van der Waals surface area contributed by atoms with Gasteiger partial charge in [0, 0.05) is 0 Å². The summed E-state index contributed by atoms with van der Waals surface area (Å²) in [7, 11) is 0. The largest absolute Gasteiger partial charge is 0.0654 e. The molecule has 2 aliphatic carbocycles. The molecule has 0 heterocycles.